The molecule has 5 nitrogen and oxygen atoms in total. The Morgan fingerprint density at radius 3 is 2.52 bits per heavy atom. The molecule has 1 aromatic carbocycles. The van der Waals surface area contributed by atoms with Crippen LogP contribution in [0, 0.1) is 0 Å². The lowest BCUT2D eigenvalue weighted by molar-refractivity contribution is -0.137. The van der Waals surface area contributed by atoms with Gasteiger partial charge in [-0.2, -0.15) is 18.2 Å². The summed E-state index contributed by atoms with van der Waals surface area (Å²) in [6.07, 6.45) is -0.676. The first-order chi connectivity index (χ1) is 14.9. The maximum absolute atomic E-state index is 12.7. The summed E-state index contributed by atoms with van der Waals surface area (Å²) >= 11 is 1.43. The van der Waals surface area contributed by atoms with Gasteiger partial charge in [-0.25, -0.2) is 4.79 Å². The van der Waals surface area contributed by atoms with Gasteiger partial charge >= 0.3 is 11.9 Å². The van der Waals surface area contributed by atoms with Crippen LogP contribution in [0.15, 0.2) is 34.1 Å². The van der Waals surface area contributed by atoms with Crippen LogP contribution in [-0.4, -0.2) is 47.3 Å². The highest BCUT2D eigenvalue weighted by Gasteiger charge is 2.30. The molecule has 0 radical (unpaired) electrons. The summed E-state index contributed by atoms with van der Waals surface area (Å²) in [5, 5.41) is 0.724. The molecular formula is C22H26F3N3O2S. The number of alkyl halides is 3. The minimum Gasteiger partial charge on any atom is -0.379 e. The van der Waals surface area contributed by atoms with Gasteiger partial charge in [0.2, 0.25) is 0 Å². The predicted octanol–water partition coefficient (Wildman–Crippen LogP) is 3.77. The SMILES string of the molecule is O=c1nc(SCc2ccc(C(F)(F)F)cc2)c2c(n1CCCN1CCOCC1)CCC2. The van der Waals surface area contributed by atoms with E-state index in [4.69, 9.17) is 4.74 Å². The lowest BCUT2D eigenvalue weighted by Gasteiger charge is -2.26. The molecule has 0 bridgehead atoms. The summed E-state index contributed by atoms with van der Waals surface area (Å²) in [4.78, 5) is 19.4. The molecule has 2 heterocycles. The van der Waals surface area contributed by atoms with E-state index >= 15 is 0 Å². The molecule has 0 spiro atoms. The molecule has 1 aromatic heterocycles. The molecule has 0 unspecified atom stereocenters. The standard InChI is InChI=1S/C22H26F3N3O2S/c23-22(24,25)17-7-5-16(6-8-17)15-31-20-18-3-1-4-19(18)28(21(29)26-20)10-2-9-27-11-13-30-14-12-27/h5-8H,1-4,9-15H2. The first-order valence-corrected chi connectivity index (χ1v) is 11.6. The number of nitrogens with zero attached hydrogens (tertiary/aromatic N) is 3. The normalized spacial score (nSPS) is 17.1. The number of thioether (sulfide) groups is 1. The number of fused-ring (bicyclic) bond motifs is 1. The second-order valence-electron chi connectivity index (χ2n) is 7.92. The van der Waals surface area contributed by atoms with Crippen molar-refractivity contribution in [3.63, 3.8) is 0 Å². The topological polar surface area (TPSA) is 47.4 Å². The van der Waals surface area contributed by atoms with Crippen molar-refractivity contribution in [2.75, 3.05) is 32.8 Å². The van der Waals surface area contributed by atoms with Crippen LogP contribution in [0.3, 0.4) is 0 Å². The number of rotatable bonds is 7. The molecule has 1 aliphatic carbocycles. The Morgan fingerprint density at radius 1 is 1.06 bits per heavy atom. The van der Waals surface area contributed by atoms with Crippen LogP contribution >= 0.6 is 11.8 Å². The van der Waals surface area contributed by atoms with E-state index in [1.165, 1.54) is 23.9 Å². The fourth-order valence-electron chi connectivity index (χ4n) is 4.16. The van der Waals surface area contributed by atoms with Gasteiger partial charge in [-0.1, -0.05) is 12.1 Å². The van der Waals surface area contributed by atoms with Crippen molar-refractivity contribution < 1.29 is 17.9 Å². The molecule has 1 fully saturated rings. The zero-order valence-electron chi connectivity index (χ0n) is 17.3. The van der Waals surface area contributed by atoms with Crippen molar-refractivity contribution in [1.82, 2.24) is 14.5 Å². The van der Waals surface area contributed by atoms with Gasteiger partial charge in [-0.05, 0) is 43.4 Å². The van der Waals surface area contributed by atoms with Crippen LogP contribution in [0.2, 0.25) is 0 Å². The van der Waals surface area contributed by atoms with Crippen LogP contribution < -0.4 is 5.69 Å². The van der Waals surface area contributed by atoms with Gasteiger partial charge in [0, 0.05) is 43.2 Å². The van der Waals surface area contributed by atoms with Gasteiger partial charge < -0.3 is 4.74 Å². The van der Waals surface area contributed by atoms with Gasteiger partial charge in [0.25, 0.3) is 0 Å². The van der Waals surface area contributed by atoms with Crippen molar-refractivity contribution in [3.8, 4) is 0 Å². The maximum atomic E-state index is 12.7. The summed E-state index contributed by atoms with van der Waals surface area (Å²) in [6, 6.07) is 5.17. The van der Waals surface area contributed by atoms with Crippen LogP contribution in [0.5, 0.6) is 0 Å². The molecule has 0 amide bonds. The number of hydrogen-bond donors (Lipinski definition) is 0. The minimum atomic E-state index is -4.33. The van der Waals surface area contributed by atoms with E-state index in [1.54, 1.807) is 0 Å². The van der Waals surface area contributed by atoms with E-state index in [9.17, 15) is 18.0 Å². The van der Waals surface area contributed by atoms with E-state index < -0.39 is 11.7 Å². The molecular weight excluding hydrogens is 427 g/mol. The molecule has 0 N–H and O–H groups in total. The minimum absolute atomic E-state index is 0.224. The maximum Gasteiger partial charge on any atom is 0.416 e. The molecule has 2 aromatic rings. The lowest BCUT2D eigenvalue weighted by atomic mass is 10.1. The van der Waals surface area contributed by atoms with Crippen LogP contribution in [-0.2, 0) is 36.1 Å². The van der Waals surface area contributed by atoms with E-state index in [0.717, 1.165) is 92.5 Å². The number of halogens is 3. The fourth-order valence-corrected chi connectivity index (χ4v) is 5.19. The van der Waals surface area contributed by atoms with Gasteiger partial charge in [-0.3, -0.25) is 9.47 Å². The predicted molar refractivity (Wildman–Crippen MR) is 113 cm³/mol. The molecule has 0 atom stereocenters. The van der Waals surface area contributed by atoms with Crippen molar-refractivity contribution in [3.05, 3.63) is 57.1 Å². The summed E-state index contributed by atoms with van der Waals surface area (Å²) in [6.45, 7) is 5.00. The van der Waals surface area contributed by atoms with Crippen molar-refractivity contribution in [2.24, 2.45) is 0 Å². The number of ether oxygens (including phenoxy) is 1. The second kappa shape index (κ2) is 9.75. The fraction of sp³-hybridized carbons (Fsp3) is 0.545. The molecule has 31 heavy (non-hydrogen) atoms. The Balaban J connectivity index is 1.41. The van der Waals surface area contributed by atoms with Gasteiger partial charge in [-0.15, -0.1) is 11.8 Å². The van der Waals surface area contributed by atoms with Crippen molar-refractivity contribution in [1.29, 1.82) is 0 Å². The Morgan fingerprint density at radius 2 is 1.81 bits per heavy atom. The molecule has 1 saturated heterocycles. The monoisotopic (exact) mass is 453 g/mol. The molecule has 9 heteroatoms. The Labute approximate surface area is 183 Å². The highest BCUT2D eigenvalue weighted by molar-refractivity contribution is 7.98. The zero-order valence-corrected chi connectivity index (χ0v) is 18.1. The van der Waals surface area contributed by atoms with Crippen LogP contribution in [0.4, 0.5) is 13.2 Å². The number of aromatic nitrogens is 2. The van der Waals surface area contributed by atoms with Gasteiger partial charge in [0.1, 0.15) is 5.03 Å². The highest BCUT2D eigenvalue weighted by Crippen LogP contribution is 2.33. The highest BCUT2D eigenvalue weighted by atomic mass is 32.2. The van der Waals surface area contributed by atoms with E-state index in [1.807, 2.05) is 4.57 Å². The van der Waals surface area contributed by atoms with E-state index in [-0.39, 0.29) is 5.69 Å². The Hall–Kier alpha value is -1.84. The summed E-state index contributed by atoms with van der Waals surface area (Å²) in [5.74, 6) is 0.484. The third-order valence-corrected chi connectivity index (χ3v) is 6.91. The largest absolute Gasteiger partial charge is 0.416 e. The number of hydrogen-bond acceptors (Lipinski definition) is 5. The van der Waals surface area contributed by atoms with E-state index in [2.05, 4.69) is 9.88 Å². The average molecular weight is 454 g/mol. The number of morpholine rings is 1. The molecule has 1 aliphatic heterocycles. The first kappa shape index (κ1) is 22.4. The molecule has 4 rings (SSSR count). The van der Waals surface area contributed by atoms with Gasteiger partial charge in [0.05, 0.1) is 18.8 Å². The molecule has 0 saturated carbocycles. The van der Waals surface area contributed by atoms with Crippen LogP contribution in [0.1, 0.15) is 35.2 Å². The quantitative estimate of drug-likeness (QED) is 0.472. The third-order valence-electron chi connectivity index (χ3n) is 5.82. The lowest BCUT2D eigenvalue weighted by Crippen LogP contribution is -2.37. The smallest absolute Gasteiger partial charge is 0.379 e. The van der Waals surface area contributed by atoms with Crippen molar-refractivity contribution >= 4 is 11.8 Å². The molecule has 168 valence electrons. The van der Waals surface area contributed by atoms with E-state index in [0.29, 0.717) is 12.3 Å². The summed E-state index contributed by atoms with van der Waals surface area (Å²) < 4.78 is 45.4. The Bertz CT molecular complexity index is 954. The summed E-state index contributed by atoms with van der Waals surface area (Å²) in [5.41, 5.74) is 2.11. The first-order valence-electron chi connectivity index (χ1n) is 10.6. The number of benzene rings is 1. The zero-order chi connectivity index (χ0) is 21.8. The third kappa shape index (κ3) is 5.51. The summed E-state index contributed by atoms with van der Waals surface area (Å²) in [7, 11) is 0. The van der Waals surface area contributed by atoms with Gasteiger partial charge in [0.15, 0.2) is 0 Å². The van der Waals surface area contributed by atoms with Crippen molar-refractivity contribution in [2.45, 2.75) is 49.2 Å². The average Bonchev–Trinajstić information content (AvgIpc) is 3.24. The molecule has 2 aliphatic rings. The van der Waals surface area contributed by atoms with Crippen LogP contribution in [0.25, 0.3) is 0 Å². The Kier molecular flexibility index (Phi) is 7.03. The second-order valence-corrected chi connectivity index (χ2v) is 8.88.